The molecule has 1 aliphatic rings. The second kappa shape index (κ2) is 6.96. The standard InChI is InChI=1S/C18H20N2O2S/c1-19-18(21)17-12-20(15-5-3-4-6-16(15)22-17)11-13-7-9-14(23-2)10-8-13/h3-10,17H,11-12H2,1-2H3,(H,19,21)/t17-/m0/s1. The second-order valence-corrected chi connectivity index (χ2v) is 6.30. The molecule has 1 amide bonds. The number of nitrogens with zero attached hydrogens (tertiary/aromatic N) is 1. The summed E-state index contributed by atoms with van der Waals surface area (Å²) in [4.78, 5) is 15.4. The number of ether oxygens (including phenoxy) is 1. The molecule has 2 aromatic rings. The van der Waals surface area contributed by atoms with Crippen LogP contribution in [0.3, 0.4) is 0 Å². The van der Waals surface area contributed by atoms with Crippen LogP contribution in [0.1, 0.15) is 5.56 Å². The average Bonchev–Trinajstić information content (AvgIpc) is 2.61. The van der Waals surface area contributed by atoms with Gasteiger partial charge in [0.2, 0.25) is 0 Å². The Morgan fingerprint density at radius 3 is 2.70 bits per heavy atom. The number of nitrogens with one attached hydrogen (secondary N) is 1. The third kappa shape index (κ3) is 3.45. The van der Waals surface area contributed by atoms with E-state index in [2.05, 4.69) is 40.7 Å². The van der Waals surface area contributed by atoms with Crippen molar-refractivity contribution in [3.8, 4) is 5.75 Å². The number of hydrogen-bond acceptors (Lipinski definition) is 4. The third-order valence-corrected chi connectivity index (χ3v) is 4.68. The molecule has 0 spiro atoms. The summed E-state index contributed by atoms with van der Waals surface area (Å²) in [5.41, 5.74) is 2.25. The van der Waals surface area contributed by atoms with E-state index in [0.717, 1.165) is 18.0 Å². The summed E-state index contributed by atoms with van der Waals surface area (Å²) < 4.78 is 5.83. The third-order valence-electron chi connectivity index (χ3n) is 3.93. The van der Waals surface area contributed by atoms with E-state index in [1.807, 2.05) is 24.3 Å². The molecule has 23 heavy (non-hydrogen) atoms. The number of para-hydroxylation sites is 2. The van der Waals surface area contributed by atoms with Crippen molar-refractivity contribution in [2.75, 3.05) is 24.7 Å². The Balaban J connectivity index is 1.85. The van der Waals surface area contributed by atoms with Crippen molar-refractivity contribution < 1.29 is 9.53 Å². The van der Waals surface area contributed by atoms with Gasteiger partial charge < -0.3 is 15.0 Å². The van der Waals surface area contributed by atoms with Gasteiger partial charge in [-0.15, -0.1) is 11.8 Å². The largest absolute Gasteiger partial charge is 0.477 e. The number of benzene rings is 2. The van der Waals surface area contributed by atoms with E-state index in [1.54, 1.807) is 18.8 Å². The van der Waals surface area contributed by atoms with Crippen molar-refractivity contribution in [1.29, 1.82) is 0 Å². The summed E-state index contributed by atoms with van der Waals surface area (Å²) in [6.07, 6.45) is 1.58. The summed E-state index contributed by atoms with van der Waals surface area (Å²) in [5.74, 6) is 0.662. The number of amides is 1. The van der Waals surface area contributed by atoms with E-state index in [-0.39, 0.29) is 5.91 Å². The minimum atomic E-state index is -0.486. The molecule has 0 aromatic heterocycles. The Hall–Kier alpha value is -2.14. The van der Waals surface area contributed by atoms with Gasteiger partial charge in [-0.25, -0.2) is 0 Å². The molecule has 0 unspecified atom stereocenters. The number of hydrogen-bond donors (Lipinski definition) is 1. The minimum Gasteiger partial charge on any atom is -0.477 e. The predicted octanol–water partition coefficient (Wildman–Crippen LogP) is 2.92. The highest BCUT2D eigenvalue weighted by atomic mass is 32.2. The van der Waals surface area contributed by atoms with E-state index in [9.17, 15) is 4.79 Å². The molecule has 0 aliphatic carbocycles. The Bertz CT molecular complexity index is 688. The molecular formula is C18H20N2O2S. The Labute approximate surface area is 140 Å². The molecule has 1 atom stereocenters. The van der Waals surface area contributed by atoms with Crippen molar-refractivity contribution in [2.45, 2.75) is 17.5 Å². The fraction of sp³-hybridized carbons (Fsp3) is 0.278. The van der Waals surface area contributed by atoms with Crippen LogP contribution in [-0.4, -0.2) is 31.9 Å². The van der Waals surface area contributed by atoms with Crippen LogP contribution in [-0.2, 0) is 11.3 Å². The van der Waals surface area contributed by atoms with Crippen molar-refractivity contribution in [2.24, 2.45) is 0 Å². The van der Waals surface area contributed by atoms with Gasteiger partial charge in [-0.3, -0.25) is 4.79 Å². The highest BCUT2D eigenvalue weighted by Crippen LogP contribution is 2.34. The van der Waals surface area contributed by atoms with Gasteiger partial charge in [0.05, 0.1) is 12.2 Å². The molecule has 120 valence electrons. The van der Waals surface area contributed by atoms with Crippen molar-refractivity contribution in [1.82, 2.24) is 5.32 Å². The van der Waals surface area contributed by atoms with Gasteiger partial charge in [-0.2, -0.15) is 0 Å². The van der Waals surface area contributed by atoms with Crippen molar-refractivity contribution in [3.05, 3.63) is 54.1 Å². The molecule has 1 N–H and O–H groups in total. The minimum absolute atomic E-state index is 0.0952. The fourth-order valence-electron chi connectivity index (χ4n) is 2.71. The van der Waals surface area contributed by atoms with Crippen LogP contribution in [0.15, 0.2) is 53.4 Å². The van der Waals surface area contributed by atoms with E-state index < -0.39 is 6.10 Å². The number of carbonyl (C=O) groups excluding carboxylic acids is 1. The number of fused-ring (bicyclic) bond motifs is 1. The molecule has 0 fully saturated rings. The smallest absolute Gasteiger partial charge is 0.262 e. The molecule has 5 heteroatoms. The number of thioether (sulfide) groups is 1. The Morgan fingerprint density at radius 2 is 2.00 bits per heavy atom. The SMILES string of the molecule is CNC(=O)[C@@H]1CN(Cc2ccc(SC)cc2)c2ccccc2O1. The first-order valence-corrected chi connectivity index (χ1v) is 8.79. The highest BCUT2D eigenvalue weighted by Gasteiger charge is 2.29. The van der Waals surface area contributed by atoms with Crippen LogP contribution in [0.4, 0.5) is 5.69 Å². The predicted molar refractivity (Wildman–Crippen MR) is 94.2 cm³/mol. The quantitative estimate of drug-likeness (QED) is 0.876. The lowest BCUT2D eigenvalue weighted by atomic mass is 10.1. The molecule has 1 heterocycles. The second-order valence-electron chi connectivity index (χ2n) is 5.42. The van der Waals surface area contributed by atoms with E-state index in [1.165, 1.54) is 10.5 Å². The van der Waals surface area contributed by atoms with Crippen LogP contribution < -0.4 is 15.0 Å². The monoisotopic (exact) mass is 328 g/mol. The lowest BCUT2D eigenvalue weighted by Gasteiger charge is -2.35. The number of carbonyl (C=O) groups is 1. The summed E-state index contributed by atoms with van der Waals surface area (Å²) in [6, 6.07) is 16.4. The number of anilines is 1. The number of rotatable bonds is 4. The zero-order valence-corrected chi connectivity index (χ0v) is 14.1. The lowest BCUT2D eigenvalue weighted by molar-refractivity contribution is -0.127. The van der Waals surface area contributed by atoms with E-state index in [0.29, 0.717) is 6.54 Å². The van der Waals surface area contributed by atoms with Crippen LogP contribution in [0.25, 0.3) is 0 Å². The maximum Gasteiger partial charge on any atom is 0.262 e. The fourth-order valence-corrected chi connectivity index (χ4v) is 3.11. The van der Waals surface area contributed by atoms with Gasteiger partial charge in [0.15, 0.2) is 6.10 Å². The van der Waals surface area contributed by atoms with Gasteiger partial charge in [0, 0.05) is 18.5 Å². The van der Waals surface area contributed by atoms with Crippen LogP contribution in [0.5, 0.6) is 5.75 Å². The molecule has 0 radical (unpaired) electrons. The Kier molecular flexibility index (Phi) is 4.76. The van der Waals surface area contributed by atoms with E-state index >= 15 is 0 Å². The molecule has 4 nitrogen and oxygen atoms in total. The van der Waals surface area contributed by atoms with Gasteiger partial charge in [-0.05, 0) is 36.1 Å². The van der Waals surface area contributed by atoms with E-state index in [4.69, 9.17) is 4.74 Å². The average molecular weight is 328 g/mol. The summed E-state index contributed by atoms with van der Waals surface area (Å²) in [7, 11) is 1.64. The highest BCUT2D eigenvalue weighted by molar-refractivity contribution is 7.98. The molecule has 0 saturated carbocycles. The maximum atomic E-state index is 12.0. The van der Waals surface area contributed by atoms with Gasteiger partial charge in [-0.1, -0.05) is 24.3 Å². The van der Waals surface area contributed by atoms with Crippen molar-refractivity contribution >= 4 is 23.4 Å². The molecule has 1 aliphatic heterocycles. The zero-order valence-electron chi connectivity index (χ0n) is 13.3. The maximum absolute atomic E-state index is 12.0. The summed E-state index contributed by atoms with van der Waals surface area (Å²) >= 11 is 1.73. The first kappa shape index (κ1) is 15.7. The molecule has 2 aromatic carbocycles. The van der Waals surface area contributed by atoms with Crippen LogP contribution >= 0.6 is 11.8 Å². The lowest BCUT2D eigenvalue weighted by Crippen LogP contribution is -2.47. The molecule has 0 saturated heterocycles. The molecule has 0 bridgehead atoms. The van der Waals surface area contributed by atoms with Crippen LogP contribution in [0, 0.1) is 0 Å². The Morgan fingerprint density at radius 1 is 1.26 bits per heavy atom. The first-order valence-electron chi connectivity index (χ1n) is 7.56. The van der Waals surface area contributed by atoms with Gasteiger partial charge in [0.25, 0.3) is 5.91 Å². The van der Waals surface area contributed by atoms with Gasteiger partial charge >= 0.3 is 0 Å². The topological polar surface area (TPSA) is 41.6 Å². The van der Waals surface area contributed by atoms with Gasteiger partial charge in [0.1, 0.15) is 5.75 Å². The summed E-state index contributed by atoms with van der Waals surface area (Å²) in [5, 5.41) is 2.67. The zero-order chi connectivity index (χ0) is 16.2. The molecule has 3 rings (SSSR count). The first-order chi connectivity index (χ1) is 11.2. The van der Waals surface area contributed by atoms with Crippen LogP contribution in [0.2, 0.25) is 0 Å². The van der Waals surface area contributed by atoms with Crippen molar-refractivity contribution in [3.63, 3.8) is 0 Å². The summed E-state index contributed by atoms with van der Waals surface area (Å²) in [6.45, 7) is 1.30. The molecular weight excluding hydrogens is 308 g/mol. The number of likely N-dealkylation sites (N-methyl/N-ethyl adjacent to an activating group) is 1. The normalized spacial score (nSPS) is 16.4.